The first-order valence-electron chi connectivity index (χ1n) is 9.46. The second-order valence-corrected chi connectivity index (χ2v) is 8.67. The first kappa shape index (κ1) is 19.8. The van der Waals surface area contributed by atoms with E-state index in [9.17, 15) is 9.59 Å². The van der Waals surface area contributed by atoms with Crippen LogP contribution in [0.15, 0.2) is 64.5 Å². The van der Waals surface area contributed by atoms with Crippen molar-refractivity contribution in [3.63, 3.8) is 0 Å². The lowest BCUT2D eigenvalue weighted by molar-refractivity contribution is -0.125. The van der Waals surface area contributed by atoms with Crippen molar-refractivity contribution in [2.45, 2.75) is 25.4 Å². The van der Waals surface area contributed by atoms with Gasteiger partial charge in [-0.15, -0.1) is 11.3 Å². The van der Waals surface area contributed by atoms with Crippen LogP contribution in [0.25, 0.3) is 10.6 Å². The highest BCUT2D eigenvalue weighted by Gasteiger charge is 2.34. The third kappa shape index (κ3) is 4.57. The van der Waals surface area contributed by atoms with Crippen molar-refractivity contribution in [1.82, 2.24) is 15.2 Å². The SMILES string of the molecule is O=C(NCc1csc(-c2ccccc2)n1)[C@H]1CCCN1C(=O)c1ccc(Br)cc1. The summed E-state index contributed by atoms with van der Waals surface area (Å²) in [6, 6.07) is 16.8. The van der Waals surface area contributed by atoms with E-state index in [0.717, 1.165) is 27.2 Å². The van der Waals surface area contributed by atoms with Crippen molar-refractivity contribution in [1.29, 1.82) is 0 Å². The molecule has 2 amide bonds. The van der Waals surface area contributed by atoms with Crippen molar-refractivity contribution in [3.8, 4) is 10.6 Å². The predicted molar refractivity (Wildman–Crippen MR) is 118 cm³/mol. The quantitative estimate of drug-likeness (QED) is 0.598. The van der Waals surface area contributed by atoms with Crippen molar-refractivity contribution >= 4 is 39.1 Å². The van der Waals surface area contributed by atoms with Gasteiger partial charge in [0, 0.05) is 27.5 Å². The predicted octanol–water partition coefficient (Wildman–Crippen LogP) is 4.49. The zero-order chi connectivity index (χ0) is 20.2. The number of benzene rings is 2. The number of nitrogens with zero attached hydrogens (tertiary/aromatic N) is 2. The van der Waals surface area contributed by atoms with E-state index >= 15 is 0 Å². The molecule has 1 aliphatic heterocycles. The van der Waals surface area contributed by atoms with Gasteiger partial charge in [0.05, 0.1) is 12.2 Å². The smallest absolute Gasteiger partial charge is 0.254 e. The molecule has 3 aromatic rings. The minimum Gasteiger partial charge on any atom is -0.349 e. The molecule has 148 valence electrons. The number of thiazole rings is 1. The fraction of sp³-hybridized carbons (Fsp3) is 0.227. The van der Waals surface area contributed by atoms with Crippen LogP contribution in [0.2, 0.25) is 0 Å². The average molecular weight is 470 g/mol. The molecule has 0 unspecified atom stereocenters. The molecule has 0 spiro atoms. The number of carbonyl (C=O) groups is 2. The van der Waals surface area contributed by atoms with Crippen molar-refractivity contribution in [3.05, 3.63) is 75.7 Å². The molecule has 1 aromatic heterocycles. The van der Waals surface area contributed by atoms with Crippen molar-refractivity contribution in [2.24, 2.45) is 0 Å². The highest BCUT2D eigenvalue weighted by Crippen LogP contribution is 2.24. The molecular weight excluding hydrogens is 450 g/mol. The van der Waals surface area contributed by atoms with Crippen LogP contribution < -0.4 is 5.32 Å². The van der Waals surface area contributed by atoms with Crippen molar-refractivity contribution < 1.29 is 9.59 Å². The maximum atomic E-state index is 12.8. The maximum absolute atomic E-state index is 12.8. The van der Waals surface area contributed by atoms with E-state index in [1.165, 1.54) is 0 Å². The number of rotatable bonds is 5. The second kappa shape index (κ2) is 8.88. The third-order valence-corrected chi connectivity index (χ3v) is 6.39. The maximum Gasteiger partial charge on any atom is 0.254 e. The van der Waals surface area contributed by atoms with Crippen LogP contribution in [0.3, 0.4) is 0 Å². The second-order valence-electron chi connectivity index (χ2n) is 6.89. The Morgan fingerprint density at radius 1 is 1.14 bits per heavy atom. The molecule has 2 aromatic carbocycles. The van der Waals surface area contributed by atoms with E-state index < -0.39 is 6.04 Å². The lowest BCUT2D eigenvalue weighted by Crippen LogP contribution is -2.45. The normalized spacial score (nSPS) is 16.0. The zero-order valence-corrected chi connectivity index (χ0v) is 18.1. The highest BCUT2D eigenvalue weighted by molar-refractivity contribution is 9.10. The van der Waals surface area contributed by atoms with Crippen LogP contribution in [-0.2, 0) is 11.3 Å². The first-order valence-corrected chi connectivity index (χ1v) is 11.1. The Hall–Kier alpha value is -2.51. The van der Waals surface area contributed by atoms with Gasteiger partial charge >= 0.3 is 0 Å². The summed E-state index contributed by atoms with van der Waals surface area (Å²) in [5, 5.41) is 5.85. The number of likely N-dealkylation sites (tertiary alicyclic amines) is 1. The Morgan fingerprint density at radius 2 is 1.90 bits per heavy atom. The summed E-state index contributed by atoms with van der Waals surface area (Å²) < 4.78 is 0.919. The van der Waals surface area contributed by atoms with Crippen LogP contribution in [0, 0.1) is 0 Å². The number of carbonyl (C=O) groups excluding carboxylic acids is 2. The van der Waals surface area contributed by atoms with Gasteiger partial charge in [-0.2, -0.15) is 0 Å². The number of aromatic nitrogens is 1. The van der Waals surface area contributed by atoms with E-state index in [4.69, 9.17) is 0 Å². The van der Waals surface area contributed by atoms with Crippen LogP contribution in [0.5, 0.6) is 0 Å². The van der Waals surface area contributed by atoms with E-state index in [2.05, 4.69) is 26.2 Å². The number of nitrogens with one attached hydrogen (secondary N) is 1. The lowest BCUT2D eigenvalue weighted by Gasteiger charge is -2.24. The van der Waals surface area contributed by atoms with E-state index in [0.29, 0.717) is 25.1 Å². The minimum absolute atomic E-state index is 0.102. The molecule has 4 rings (SSSR count). The summed E-state index contributed by atoms with van der Waals surface area (Å²) in [6.07, 6.45) is 1.51. The molecule has 5 nitrogen and oxygen atoms in total. The van der Waals surface area contributed by atoms with Gasteiger partial charge < -0.3 is 10.2 Å². The number of hydrogen-bond donors (Lipinski definition) is 1. The summed E-state index contributed by atoms with van der Waals surface area (Å²) in [5.41, 5.74) is 2.49. The molecule has 0 bridgehead atoms. The Balaban J connectivity index is 1.38. The molecule has 2 heterocycles. The van der Waals surface area contributed by atoms with Crippen LogP contribution in [-0.4, -0.2) is 34.3 Å². The standard InChI is InChI=1S/C22H20BrN3O2S/c23-17-10-8-16(9-11-17)22(28)26-12-4-7-19(26)20(27)24-13-18-14-29-21(25-18)15-5-2-1-3-6-15/h1-3,5-6,8-11,14,19H,4,7,12-13H2,(H,24,27)/t19-/m1/s1. The average Bonchev–Trinajstić information content (AvgIpc) is 3.43. The molecule has 1 fully saturated rings. The Kier molecular flexibility index (Phi) is 6.06. The molecule has 1 aliphatic rings. The van der Waals surface area contributed by atoms with Gasteiger partial charge in [0.25, 0.3) is 5.91 Å². The minimum atomic E-state index is -0.432. The number of amides is 2. The van der Waals surface area contributed by atoms with Gasteiger partial charge in [-0.3, -0.25) is 9.59 Å². The fourth-order valence-corrected chi connectivity index (χ4v) is 4.53. The Bertz CT molecular complexity index is 1000. The Labute approximate surface area is 181 Å². The summed E-state index contributed by atoms with van der Waals surface area (Å²) >= 11 is 4.94. The largest absolute Gasteiger partial charge is 0.349 e. The van der Waals surface area contributed by atoms with Gasteiger partial charge in [0.2, 0.25) is 5.91 Å². The molecule has 0 saturated carbocycles. The van der Waals surface area contributed by atoms with E-state index in [1.807, 2.05) is 47.8 Å². The van der Waals surface area contributed by atoms with E-state index in [-0.39, 0.29) is 11.8 Å². The highest BCUT2D eigenvalue weighted by atomic mass is 79.9. The zero-order valence-electron chi connectivity index (χ0n) is 15.7. The molecule has 7 heteroatoms. The Morgan fingerprint density at radius 3 is 2.66 bits per heavy atom. The molecule has 1 N–H and O–H groups in total. The third-order valence-electron chi connectivity index (χ3n) is 4.92. The molecule has 29 heavy (non-hydrogen) atoms. The fourth-order valence-electron chi connectivity index (χ4n) is 3.44. The first-order chi connectivity index (χ1) is 14.1. The summed E-state index contributed by atoms with van der Waals surface area (Å²) in [6.45, 7) is 0.959. The van der Waals surface area contributed by atoms with Crippen LogP contribution in [0.1, 0.15) is 28.9 Å². The monoisotopic (exact) mass is 469 g/mol. The van der Waals surface area contributed by atoms with Crippen LogP contribution >= 0.6 is 27.3 Å². The molecule has 0 radical (unpaired) electrons. The van der Waals surface area contributed by atoms with Gasteiger partial charge in [-0.1, -0.05) is 46.3 Å². The summed E-state index contributed by atoms with van der Waals surface area (Å²) in [5.74, 6) is -0.225. The number of halogens is 1. The van der Waals surface area contributed by atoms with Crippen molar-refractivity contribution in [2.75, 3.05) is 6.54 Å². The molecule has 0 aliphatic carbocycles. The molecule has 1 atom stereocenters. The number of hydrogen-bond acceptors (Lipinski definition) is 4. The molecular formula is C22H20BrN3O2S. The van der Waals surface area contributed by atoms with Gasteiger partial charge in [0.15, 0.2) is 0 Å². The van der Waals surface area contributed by atoms with Crippen LogP contribution in [0.4, 0.5) is 0 Å². The summed E-state index contributed by atoms with van der Waals surface area (Å²) in [4.78, 5) is 31.9. The lowest BCUT2D eigenvalue weighted by atomic mass is 10.1. The van der Waals surface area contributed by atoms with Gasteiger partial charge in [-0.25, -0.2) is 4.98 Å². The molecule has 1 saturated heterocycles. The van der Waals surface area contributed by atoms with Gasteiger partial charge in [0.1, 0.15) is 11.0 Å². The van der Waals surface area contributed by atoms with E-state index in [1.54, 1.807) is 28.4 Å². The summed E-state index contributed by atoms with van der Waals surface area (Å²) in [7, 11) is 0. The topological polar surface area (TPSA) is 62.3 Å². The van der Waals surface area contributed by atoms with Gasteiger partial charge in [-0.05, 0) is 37.1 Å².